The minimum Gasteiger partial charge on any atom is -0.493 e. The molecule has 2 N–H and O–H groups in total. The summed E-state index contributed by atoms with van der Waals surface area (Å²) in [6, 6.07) is 13.4. The zero-order chi connectivity index (χ0) is 18.1. The van der Waals surface area contributed by atoms with Crippen molar-refractivity contribution < 1.29 is 19.0 Å². The number of anilines is 1. The lowest BCUT2D eigenvalue weighted by Crippen LogP contribution is -2.24. The normalized spacial score (nSPS) is 10.0. The first-order valence-electron chi connectivity index (χ1n) is 8.02. The molecule has 6 nitrogen and oxygen atoms in total. The second kappa shape index (κ2) is 9.42. The largest absolute Gasteiger partial charge is 0.493 e. The Bertz CT molecular complexity index is 664. The lowest BCUT2D eigenvalue weighted by molar-refractivity contribution is -0.121. The van der Waals surface area contributed by atoms with E-state index in [0.717, 1.165) is 11.3 Å². The molecule has 0 saturated carbocycles. The van der Waals surface area contributed by atoms with Gasteiger partial charge in [-0.25, -0.2) is 0 Å². The summed E-state index contributed by atoms with van der Waals surface area (Å²) in [7, 11) is 4.70. The Morgan fingerprint density at radius 2 is 1.60 bits per heavy atom. The summed E-state index contributed by atoms with van der Waals surface area (Å²) in [5, 5.41) is 6.10. The smallest absolute Gasteiger partial charge is 0.222 e. The third kappa shape index (κ3) is 5.31. The van der Waals surface area contributed by atoms with Crippen molar-refractivity contribution >= 4 is 11.6 Å². The van der Waals surface area contributed by atoms with Gasteiger partial charge in [0.2, 0.25) is 11.7 Å². The maximum absolute atomic E-state index is 11.9. The van der Waals surface area contributed by atoms with Crippen molar-refractivity contribution in [3.63, 3.8) is 0 Å². The van der Waals surface area contributed by atoms with Crippen LogP contribution < -0.4 is 24.8 Å². The Labute approximate surface area is 148 Å². The fourth-order valence-electron chi connectivity index (χ4n) is 2.39. The van der Waals surface area contributed by atoms with Crippen LogP contribution in [0.1, 0.15) is 12.0 Å². The Morgan fingerprint density at radius 3 is 2.16 bits per heavy atom. The molecule has 134 valence electrons. The van der Waals surface area contributed by atoms with E-state index in [1.807, 2.05) is 42.5 Å². The summed E-state index contributed by atoms with van der Waals surface area (Å²) < 4.78 is 15.9. The number of hydrogen-bond donors (Lipinski definition) is 2. The maximum Gasteiger partial charge on any atom is 0.222 e. The van der Waals surface area contributed by atoms with Crippen LogP contribution in [0.15, 0.2) is 42.5 Å². The van der Waals surface area contributed by atoms with E-state index in [1.54, 1.807) is 21.3 Å². The van der Waals surface area contributed by atoms with Gasteiger partial charge < -0.3 is 24.8 Å². The maximum atomic E-state index is 11.9. The standard InChI is InChI=1S/C19H24N2O4/c1-23-16-11-15(12-17(24-2)19(16)25-3)20-10-9-18(22)21-13-14-7-5-4-6-8-14/h4-8,11-12,20H,9-10,13H2,1-3H3,(H,21,22). The molecule has 0 aliphatic heterocycles. The highest BCUT2D eigenvalue weighted by Gasteiger charge is 2.13. The van der Waals surface area contributed by atoms with Crippen LogP contribution in [-0.2, 0) is 11.3 Å². The first kappa shape index (κ1) is 18.4. The molecule has 0 atom stereocenters. The number of rotatable bonds is 9. The summed E-state index contributed by atoms with van der Waals surface area (Å²) in [6.45, 7) is 1.03. The van der Waals surface area contributed by atoms with Crippen molar-refractivity contribution in [3.05, 3.63) is 48.0 Å². The van der Waals surface area contributed by atoms with Crippen molar-refractivity contribution in [3.8, 4) is 17.2 Å². The summed E-state index contributed by atoms with van der Waals surface area (Å²) in [5.74, 6) is 1.66. The quantitative estimate of drug-likeness (QED) is 0.732. The third-order valence-electron chi connectivity index (χ3n) is 3.68. The van der Waals surface area contributed by atoms with Crippen LogP contribution >= 0.6 is 0 Å². The van der Waals surface area contributed by atoms with Gasteiger partial charge in [0.25, 0.3) is 0 Å². The molecule has 0 saturated heterocycles. The number of amides is 1. The van der Waals surface area contributed by atoms with Gasteiger partial charge in [-0.05, 0) is 5.56 Å². The molecule has 2 aromatic rings. The summed E-state index contributed by atoms with van der Waals surface area (Å²) >= 11 is 0. The van der Waals surface area contributed by atoms with Crippen molar-refractivity contribution in [1.29, 1.82) is 0 Å². The SMILES string of the molecule is COc1cc(NCCC(=O)NCc2ccccc2)cc(OC)c1OC. The zero-order valence-corrected chi connectivity index (χ0v) is 14.8. The Hall–Kier alpha value is -2.89. The van der Waals surface area contributed by atoms with Crippen LogP contribution in [0.4, 0.5) is 5.69 Å². The highest BCUT2D eigenvalue weighted by molar-refractivity contribution is 5.76. The van der Waals surface area contributed by atoms with Crippen LogP contribution in [0.2, 0.25) is 0 Å². The molecular formula is C19H24N2O4. The van der Waals surface area contributed by atoms with E-state index in [4.69, 9.17) is 14.2 Å². The predicted octanol–water partition coefficient (Wildman–Crippen LogP) is 2.83. The van der Waals surface area contributed by atoms with E-state index in [1.165, 1.54) is 0 Å². The molecule has 0 heterocycles. The Kier molecular flexibility index (Phi) is 6.95. The first-order valence-corrected chi connectivity index (χ1v) is 8.02. The first-order chi connectivity index (χ1) is 12.2. The molecule has 2 aromatic carbocycles. The van der Waals surface area contributed by atoms with Crippen molar-refractivity contribution in [2.75, 3.05) is 33.2 Å². The monoisotopic (exact) mass is 344 g/mol. The number of benzene rings is 2. The minimum atomic E-state index is -0.0104. The Balaban J connectivity index is 1.85. The molecule has 0 bridgehead atoms. The van der Waals surface area contributed by atoms with Crippen molar-refractivity contribution in [2.45, 2.75) is 13.0 Å². The van der Waals surface area contributed by atoms with E-state index in [2.05, 4.69) is 10.6 Å². The van der Waals surface area contributed by atoms with Gasteiger partial charge in [0.1, 0.15) is 0 Å². The van der Waals surface area contributed by atoms with E-state index in [9.17, 15) is 4.79 Å². The van der Waals surface area contributed by atoms with Crippen LogP contribution in [0.3, 0.4) is 0 Å². The van der Waals surface area contributed by atoms with Gasteiger partial charge in [-0.2, -0.15) is 0 Å². The van der Waals surface area contributed by atoms with Gasteiger partial charge in [-0.15, -0.1) is 0 Å². The number of ether oxygens (including phenoxy) is 3. The van der Waals surface area contributed by atoms with Crippen LogP contribution in [0, 0.1) is 0 Å². The van der Waals surface area contributed by atoms with Gasteiger partial charge in [0.05, 0.1) is 21.3 Å². The molecule has 0 aromatic heterocycles. The molecule has 1 amide bonds. The van der Waals surface area contributed by atoms with Crippen molar-refractivity contribution in [2.24, 2.45) is 0 Å². The lowest BCUT2D eigenvalue weighted by atomic mass is 10.2. The lowest BCUT2D eigenvalue weighted by Gasteiger charge is -2.15. The van der Waals surface area contributed by atoms with E-state index >= 15 is 0 Å². The molecular weight excluding hydrogens is 320 g/mol. The molecule has 0 spiro atoms. The second-order valence-corrected chi connectivity index (χ2v) is 5.35. The fraction of sp³-hybridized carbons (Fsp3) is 0.316. The minimum absolute atomic E-state index is 0.0104. The number of hydrogen-bond acceptors (Lipinski definition) is 5. The van der Waals surface area contributed by atoms with Crippen molar-refractivity contribution in [1.82, 2.24) is 5.32 Å². The van der Waals surface area contributed by atoms with Gasteiger partial charge in [0, 0.05) is 37.3 Å². The molecule has 0 aliphatic rings. The van der Waals surface area contributed by atoms with Gasteiger partial charge >= 0.3 is 0 Å². The average Bonchev–Trinajstić information content (AvgIpc) is 2.66. The highest BCUT2D eigenvalue weighted by Crippen LogP contribution is 2.39. The number of nitrogens with one attached hydrogen (secondary N) is 2. The molecule has 0 radical (unpaired) electrons. The van der Waals surface area contributed by atoms with Gasteiger partial charge in [-0.3, -0.25) is 4.79 Å². The number of carbonyl (C=O) groups is 1. The van der Waals surface area contributed by atoms with Gasteiger partial charge in [-0.1, -0.05) is 30.3 Å². The summed E-state index contributed by atoms with van der Waals surface area (Å²) in [4.78, 5) is 11.9. The van der Waals surface area contributed by atoms with E-state index in [-0.39, 0.29) is 5.91 Å². The molecule has 0 fully saturated rings. The summed E-state index contributed by atoms with van der Waals surface area (Å²) in [6.07, 6.45) is 0.365. The van der Waals surface area contributed by atoms with Crippen LogP contribution in [-0.4, -0.2) is 33.8 Å². The molecule has 0 unspecified atom stereocenters. The number of carbonyl (C=O) groups excluding carboxylic acids is 1. The molecule has 2 rings (SSSR count). The average molecular weight is 344 g/mol. The Morgan fingerprint density at radius 1 is 0.960 bits per heavy atom. The zero-order valence-electron chi connectivity index (χ0n) is 14.8. The van der Waals surface area contributed by atoms with E-state index in [0.29, 0.717) is 36.8 Å². The highest BCUT2D eigenvalue weighted by atomic mass is 16.5. The second-order valence-electron chi connectivity index (χ2n) is 5.35. The fourth-order valence-corrected chi connectivity index (χ4v) is 2.39. The predicted molar refractivity (Wildman–Crippen MR) is 97.5 cm³/mol. The molecule has 25 heavy (non-hydrogen) atoms. The van der Waals surface area contributed by atoms with E-state index < -0.39 is 0 Å². The van der Waals surface area contributed by atoms with Gasteiger partial charge in [0.15, 0.2) is 11.5 Å². The summed E-state index contributed by atoms with van der Waals surface area (Å²) in [5.41, 5.74) is 1.87. The molecule has 0 aliphatic carbocycles. The number of methoxy groups -OCH3 is 3. The van der Waals surface area contributed by atoms with Crippen LogP contribution in [0.25, 0.3) is 0 Å². The van der Waals surface area contributed by atoms with Crippen LogP contribution in [0.5, 0.6) is 17.2 Å². The topological polar surface area (TPSA) is 68.8 Å². The molecule has 6 heteroatoms. The third-order valence-corrected chi connectivity index (χ3v) is 3.68.